The molecule has 0 saturated carbocycles. The minimum Gasteiger partial charge on any atom is -0.272 e. The van der Waals surface area contributed by atoms with E-state index in [4.69, 9.17) is 23.8 Å². The first-order valence-electron chi connectivity index (χ1n) is 4.57. The lowest BCUT2D eigenvalue weighted by molar-refractivity contribution is -0.123. The topological polar surface area (TPSA) is 32.7 Å². The largest absolute Gasteiger partial charge is 0.272 e. The molecule has 1 aliphatic rings. The first kappa shape index (κ1) is 12.5. The van der Waals surface area contributed by atoms with Gasteiger partial charge in [0.25, 0.3) is 5.91 Å². The van der Waals surface area contributed by atoms with Crippen molar-refractivity contribution in [2.45, 2.75) is 0 Å². The maximum atomic E-state index is 13.4. The number of thiocarbonyl (C=S) groups is 1. The van der Waals surface area contributed by atoms with E-state index in [9.17, 15) is 9.18 Å². The van der Waals surface area contributed by atoms with Gasteiger partial charge in [0.15, 0.2) is 4.32 Å². The molecule has 1 saturated heterocycles. The van der Waals surface area contributed by atoms with Gasteiger partial charge in [-0.1, -0.05) is 41.6 Å². The highest BCUT2D eigenvalue weighted by Crippen LogP contribution is 2.21. The minimum atomic E-state index is -0.494. The summed E-state index contributed by atoms with van der Waals surface area (Å²) in [7, 11) is 0. The van der Waals surface area contributed by atoms with Gasteiger partial charge in [0, 0.05) is 5.56 Å². The molecule has 0 aromatic heterocycles. The molecule has 1 aromatic rings. The van der Waals surface area contributed by atoms with Crippen molar-refractivity contribution in [3.8, 4) is 0 Å². The number of hydrazone groups is 1. The Labute approximate surface area is 112 Å². The number of carbonyl (C=O) groups excluding carboxylic acids is 1. The lowest BCUT2D eigenvalue weighted by atomic mass is 10.2. The van der Waals surface area contributed by atoms with Crippen molar-refractivity contribution in [2.75, 3.05) is 5.75 Å². The summed E-state index contributed by atoms with van der Waals surface area (Å²) in [5.41, 5.74) is 0.140. The van der Waals surface area contributed by atoms with Gasteiger partial charge in [-0.15, -0.1) is 0 Å². The van der Waals surface area contributed by atoms with E-state index in [1.807, 2.05) is 0 Å². The molecule has 0 N–H and O–H groups in total. The number of hydrogen-bond acceptors (Lipinski definition) is 4. The Bertz CT molecular complexity index is 485. The molecule has 0 bridgehead atoms. The van der Waals surface area contributed by atoms with Gasteiger partial charge >= 0.3 is 0 Å². The third-order valence-electron chi connectivity index (χ3n) is 2.03. The first-order valence-corrected chi connectivity index (χ1v) is 6.34. The number of carbonyl (C=O) groups is 1. The van der Waals surface area contributed by atoms with Crippen LogP contribution in [-0.4, -0.2) is 27.2 Å². The van der Waals surface area contributed by atoms with Gasteiger partial charge in [0.1, 0.15) is 5.82 Å². The van der Waals surface area contributed by atoms with Crippen molar-refractivity contribution in [1.82, 2.24) is 5.01 Å². The molecule has 1 heterocycles. The van der Waals surface area contributed by atoms with Crippen LogP contribution in [0.1, 0.15) is 5.56 Å². The van der Waals surface area contributed by atoms with E-state index in [-0.39, 0.29) is 22.2 Å². The third kappa shape index (κ3) is 2.65. The van der Waals surface area contributed by atoms with Crippen LogP contribution in [0.25, 0.3) is 0 Å². The van der Waals surface area contributed by atoms with Crippen molar-refractivity contribution in [1.29, 1.82) is 0 Å². The molecule has 1 aromatic carbocycles. The van der Waals surface area contributed by atoms with Crippen LogP contribution >= 0.6 is 35.6 Å². The summed E-state index contributed by atoms with van der Waals surface area (Å²) in [6, 6.07) is 4.31. The maximum absolute atomic E-state index is 13.4. The molecule has 2 rings (SSSR count). The van der Waals surface area contributed by atoms with Gasteiger partial charge in [-0.3, -0.25) is 4.79 Å². The molecule has 0 unspecified atom stereocenters. The summed E-state index contributed by atoms with van der Waals surface area (Å²) in [6.45, 7) is 0. The van der Waals surface area contributed by atoms with Crippen molar-refractivity contribution >= 4 is 52.0 Å². The summed E-state index contributed by atoms with van der Waals surface area (Å²) in [5, 5.41) is 5.16. The Hall–Kier alpha value is -0.980. The van der Waals surface area contributed by atoms with Crippen LogP contribution in [0.2, 0.25) is 5.02 Å². The molecular formula is C10H6ClFN2OS2. The average molecular weight is 289 g/mol. The summed E-state index contributed by atoms with van der Waals surface area (Å²) >= 11 is 12.0. The molecular weight excluding hydrogens is 283 g/mol. The van der Waals surface area contributed by atoms with Crippen LogP contribution in [-0.2, 0) is 4.79 Å². The number of halogens is 2. The Morgan fingerprint density at radius 1 is 1.59 bits per heavy atom. The molecule has 1 amide bonds. The van der Waals surface area contributed by atoms with Crippen molar-refractivity contribution in [3.63, 3.8) is 0 Å². The van der Waals surface area contributed by atoms with Crippen molar-refractivity contribution in [3.05, 3.63) is 34.6 Å². The van der Waals surface area contributed by atoms with Crippen molar-refractivity contribution in [2.24, 2.45) is 5.10 Å². The van der Waals surface area contributed by atoms with E-state index in [1.54, 1.807) is 6.07 Å². The number of benzene rings is 1. The number of nitrogens with zero attached hydrogens (tertiary/aromatic N) is 2. The van der Waals surface area contributed by atoms with E-state index in [2.05, 4.69) is 5.10 Å². The van der Waals surface area contributed by atoms with Gasteiger partial charge in [0.05, 0.1) is 17.0 Å². The van der Waals surface area contributed by atoms with Crippen LogP contribution in [0, 0.1) is 5.82 Å². The molecule has 88 valence electrons. The normalized spacial score (nSPS) is 16.2. The standard InChI is InChI=1S/C10H6ClFN2OS2/c11-7-2-1-3-8(12)6(7)4-13-14-9(15)5-17-10(14)16/h1-4H,5H2/b13-4+. The number of hydrogen-bond donors (Lipinski definition) is 0. The predicted octanol–water partition coefficient (Wildman–Crippen LogP) is 2.67. The first-order chi connectivity index (χ1) is 8.09. The molecule has 1 aliphatic heterocycles. The SMILES string of the molecule is O=C1CSC(=S)N1/N=C/c1c(F)cccc1Cl. The highest BCUT2D eigenvalue weighted by atomic mass is 35.5. The van der Waals surface area contributed by atoms with Crippen LogP contribution in [0.4, 0.5) is 4.39 Å². The second-order valence-electron chi connectivity index (χ2n) is 3.14. The fourth-order valence-corrected chi connectivity index (χ4v) is 2.39. The van der Waals surface area contributed by atoms with Crippen LogP contribution in [0.5, 0.6) is 0 Å². The number of amides is 1. The van der Waals surface area contributed by atoms with E-state index < -0.39 is 5.82 Å². The van der Waals surface area contributed by atoms with E-state index >= 15 is 0 Å². The molecule has 3 nitrogen and oxygen atoms in total. The van der Waals surface area contributed by atoms with Crippen LogP contribution in [0.15, 0.2) is 23.3 Å². The fraction of sp³-hybridized carbons (Fsp3) is 0.100. The molecule has 0 spiro atoms. The van der Waals surface area contributed by atoms with Crippen LogP contribution < -0.4 is 0 Å². The molecule has 7 heteroatoms. The molecule has 0 radical (unpaired) electrons. The highest BCUT2D eigenvalue weighted by molar-refractivity contribution is 8.23. The fourth-order valence-electron chi connectivity index (χ4n) is 1.21. The monoisotopic (exact) mass is 288 g/mol. The van der Waals surface area contributed by atoms with Gasteiger partial charge in [-0.2, -0.15) is 10.1 Å². The van der Waals surface area contributed by atoms with Gasteiger partial charge in [-0.05, 0) is 12.1 Å². The molecule has 1 fully saturated rings. The Kier molecular flexibility index (Phi) is 3.76. The predicted molar refractivity (Wildman–Crippen MR) is 70.9 cm³/mol. The van der Waals surface area contributed by atoms with Crippen molar-refractivity contribution < 1.29 is 9.18 Å². The van der Waals surface area contributed by atoms with E-state index in [0.717, 1.165) is 5.01 Å². The number of thioether (sulfide) groups is 1. The third-order valence-corrected chi connectivity index (χ3v) is 3.70. The summed E-state index contributed by atoms with van der Waals surface area (Å²) in [4.78, 5) is 11.4. The van der Waals surface area contributed by atoms with Gasteiger partial charge in [0.2, 0.25) is 0 Å². The van der Waals surface area contributed by atoms with E-state index in [0.29, 0.717) is 4.32 Å². The zero-order chi connectivity index (χ0) is 12.4. The smallest absolute Gasteiger partial charge is 0.259 e. The molecule has 17 heavy (non-hydrogen) atoms. The Morgan fingerprint density at radius 3 is 2.94 bits per heavy atom. The quantitative estimate of drug-likeness (QED) is 0.619. The maximum Gasteiger partial charge on any atom is 0.259 e. The van der Waals surface area contributed by atoms with Crippen LogP contribution in [0.3, 0.4) is 0 Å². The second-order valence-corrected chi connectivity index (χ2v) is 5.16. The summed E-state index contributed by atoms with van der Waals surface area (Å²) in [5.74, 6) is -0.448. The zero-order valence-electron chi connectivity index (χ0n) is 8.39. The lowest BCUT2D eigenvalue weighted by Gasteiger charge is -2.07. The lowest BCUT2D eigenvalue weighted by Crippen LogP contribution is -2.22. The highest BCUT2D eigenvalue weighted by Gasteiger charge is 2.26. The second kappa shape index (κ2) is 5.12. The average Bonchev–Trinajstić information content (AvgIpc) is 2.59. The summed E-state index contributed by atoms with van der Waals surface area (Å²) in [6.07, 6.45) is 1.20. The summed E-state index contributed by atoms with van der Waals surface area (Å²) < 4.78 is 13.8. The minimum absolute atomic E-state index is 0.140. The Morgan fingerprint density at radius 2 is 2.35 bits per heavy atom. The van der Waals surface area contributed by atoms with E-state index in [1.165, 1.54) is 30.1 Å². The van der Waals surface area contributed by atoms with Gasteiger partial charge < -0.3 is 0 Å². The number of rotatable bonds is 2. The van der Waals surface area contributed by atoms with Gasteiger partial charge in [-0.25, -0.2) is 4.39 Å². The molecule has 0 atom stereocenters. The molecule has 0 aliphatic carbocycles. The zero-order valence-corrected chi connectivity index (χ0v) is 10.8. The Balaban J connectivity index is 2.26.